The van der Waals surface area contributed by atoms with Gasteiger partial charge in [-0.25, -0.2) is 0 Å². The van der Waals surface area contributed by atoms with Gasteiger partial charge in [0.05, 0.1) is 11.1 Å². The van der Waals surface area contributed by atoms with E-state index in [1.54, 1.807) is 12.1 Å². The van der Waals surface area contributed by atoms with Crippen molar-refractivity contribution in [3.63, 3.8) is 0 Å². The van der Waals surface area contributed by atoms with Crippen LogP contribution in [0.3, 0.4) is 0 Å². The molecule has 0 aromatic heterocycles. The van der Waals surface area contributed by atoms with Gasteiger partial charge in [0.15, 0.2) is 5.76 Å². The number of hydrogen-bond acceptors (Lipinski definition) is 4. The normalized spacial score (nSPS) is 18.4. The summed E-state index contributed by atoms with van der Waals surface area (Å²) in [4.78, 5) is 15.2. The molecule has 4 heteroatoms. The Labute approximate surface area is 153 Å². The molecule has 0 amide bonds. The fourth-order valence-corrected chi connectivity index (χ4v) is 3.71. The van der Waals surface area contributed by atoms with Crippen molar-refractivity contribution in [1.29, 1.82) is 0 Å². The third-order valence-corrected chi connectivity index (χ3v) is 5.18. The van der Waals surface area contributed by atoms with Gasteiger partial charge in [0.2, 0.25) is 5.78 Å². The molecule has 0 bridgehead atoms. The maximum Gasteiger partial charge on any atom is 0.232 e. The van der Waals surface area contributed by atoms with E-state index in [1.165, 1.54) is 18.4 Å². The zero-order chi connectivity index (χ0) is 18.3. The largest absolute Gasteiger partial charge is 0.507 e. The number of aryl methyl sites for hydroxylation is 2. The summed E-state index contributed by atoms with van der Waals surface area (Å²) in [7, 11) is 0. The number of aromatic hydroxyl groups is 1. The Balaban J connectivity index is 1.72. The van der Waals surface area contributed by atoms with Crippen LogP contribution in [-0.2, 0) is 6.54 Å². The van der Waals surface area contributed by atoms with Gasteiger partial charge >= 0.3 is 0 Å². The Morgan fingerprint density at radius 2 is 1.85 bits per heavy atom. The van der Waals surface area contributed by atoms with E-state index in [4.69, 9.17) is 4.74 Å². The maximum absolute atomic E-state index is 12.9. The van der Waals surface area contributed by atoms with E-state index in [1.807, 2.05) is 38.1 Å². The molecular weight excluding hydrogens is 326 g/mol. The molecule has 0 unspecified atom stereocenters. The molecule has 1 saturated heterocycles. The molecule has 4 nitrogen and oxygen atoms in total. The molecule has 1 N–H and O–H groups in total. The molecule has 1 fully saturated rings. The first-order valence-corrected chi connectivity index (χ1v) is 9.11. The summed E-state index contributed by atoms with van der Waals surface area (Å²) in [5, 5.41) is 10.5. The molecule has 2 aromatic carbocycles. The lowest BCUT2D eigenvalue weighted by Crippen LogP contribution is -2.19. The molecule has 0 spiro atoms. The number of allylic oxidation sites excluding steroid dienone is 1. The van der Waals surface area contributed by atoms with Crippen LogP contribution in [0.15, 0.2) is 36.1 Å². The summed E-state index contributed by atoms with van der Waals surface area (Å²) in [5.41, 5.74) is 4.14. The molecule has 0 aliphatic carbocycles. The third-order valence-electron chi connectivity index (χ3n) is 5.18. The average Bonchev–Trinajstić information content (AvgIpc) is 3.22. The highest BCUT2D eigenvalue weighted by atomic mass is 16.5. The van der Waals surface area contributed by atoms with Crippen LogP contribution in [0.25, 0.3) is 6.08 Å². The van der Waals surface area contributed by atoms with Gasteiger partial charge in [-0.05, 0) is 63.0 Å². The van der Waals surface area contributed by atoms with Crippen LogP contribution in [0, 0.1) is 13.8 Å². The fraction of sp³-hybridized carbons (Fsp3) is 0.318. The van der Waals surface area contributed by atoms with Gasteiger partial charge in [-0.2, -0.15) is 0 Å². The van der Waals surface area contributed by atoms with Gasteiger partial charge in [0, 0.05) is 6.54 Å². The van der Waals surface area contributed by atoms with Crippen LogP contribution in [0.4, 0.5) is 0 Å². The monoisotopic (exact) mass is 349 g/mol. The summed E-state index contributed by atoms with van der Waals surface area (Å²) in [6.07, 6.45) is 4.12. The van der Waals surface area contributed by atoms with E-state index in [0.717, 1.165) is 24.2 Å². The number of Topliss-reactive ketones (excluding diaryl/α,β-unsaturated/α-hetero) is 1. The van der Waals surface area contributed by atoms with Gasteiger partial charge in [-0.1, -0.05) is 29.8 Å². The van der Waals surface area contributed by atoms with Crippen LogP contribution in [-0.4, -0.2) is 28.9 Å². The van der Waals surface area contributed by atoms with Crippen molar-refractivity contribution < 1.29 is 14.6 Å². The molecule has 0 atom stereocenters. The van der Waals surface area contributed by atoms with Crippen molar-refractivity contribution in [2.45, 2.75) is 33.2 Å². The minimum atomic E-state index is -0.110. The lowest BCUT2D eigenvalue weighted by molar-refractivity contribution is 0.101. The van der Waals surface area contributed by atoms with E-state index in [2.05, 4.69) is 4.90 Å². The number of likely N-dealkylation sites (tertiary alicyclic amines) is 1. The highest BCUT2D eigenvalue weighted by molar-refractivity contribution is 6.15. The van der Waals surface area contributed by atoms with Crippen molar-refractivity contribution in [3.8, 4) is 11.5 Å². The number of ketones is 1. The highest BCUT2D eigenvalue weighted by Gasteiger charge is 2.33. The molecule has 4 rings (SSSR count). The van der Waals surface area contributed by atoms with Crippen LogP contribution in [0.2, 0.25) is 0 Å². The number of fused-ring (bicyclic) bond motifs is 1. The zero-order valence-corrected chi connectivity index (χ0v) is 15.2. The van der Waals surface area contributed by atoms with Crippen molar-refractivity contribution >= 4 is 11.9 Å². The standard InChI is InChI=1S/C22H23NO3/c1-14-5-7-16(8-6-14)12-19-21(25)20-15(2)11-18(24)17(22(20)26-19)13-23-9-3-4-10-23/h5-8,11-12,24H,3-4,9-10,13H2,1-2H3/b19-12-. The maximum atomic E-state index is 12.9. The summed E-state index contributed by atoms with van der Waals surface area (Å²) in [5.74, 6) is 0.941. The van der Waals surface area contributed by atoms with Crippen LogP contribution in [0.5, 0.6) is 11.5 Å². The minimum Gasteiger partial charge on any atom is -0.507 e. The van der Waals surface area contributed by atoms with Crippen LogP contribution in [0.1, 0.15) is 45.5 Å². The van der Waals surface area contributed by atoms with Gasteiger partial charge < -0.3 is 9.84 Å². The molecule has 0 saturated carbocycles. The number of phenolic OH excluding ortho intramolecular Hbond substituents is 1. The second kappa shape index (κ2) is 6.61. The predicted molar refractivity (Wildman–Crippen MR) is 101 cm³/mol. The van der Waals surface area contributed by atoms with Crippen molar-refractivity contribution in [1.82, 2.24) is 4.90 Å². The summed E-state index contributed by atoms with van der Waals surface area (Å²) < 4.78 is 5.98. The van der Waals surface area contributed by atoms with E-state index in [-0.39, 0.29) is 11.5 Å². The van der Waals surface area contributed by atoms with Gasteiger partial charge in [0.25, 0.3) is 0 Å². The number of carbonyl (C=O) groups is 1. The number of hydrogen-bond donors (Lipinski definition) is 1. The molecule has 26 heavy (non-hydrogen) atoms. The first-order chi connectivity index (χ1) is 12.5. The van der Waals surface area contributed by atoms with Crippen LogP contribution < -0.4 is 4.74 Å². The highest BCUT2D eigenvalue weighted by Crippen LogP contribution is 2.42. The number of phenols is 1. The first kappa shape index (κ1) is 16.9. The summed E-state index contributed by atoms with van der Waals surface area (Å²) in [6, 6.07) is 9.64. The molecule has 2 aliphatic heterocycles. The molecule has 2 aromatic rings. The number of carbonyl (C=O) groups excluding carboxylic acids is 1. The first-order valence-electron chi connectivity index (χ1n) is 9.11. The number of benzene rings is 2. The van der Waals surface area contributed by atoms with E-state index < -0.39 is 0 Å². The Morgan fingerprint density at radius 1 is 1.15 bits per heavy atom. The van der Waals surface area contributed by atoms with Gasteiger partial charge in [-0.15, -0.1) is 0 Å². The van der Waals surface area contributed by atoms with Crippen molar-refractivity contribution in [3.05, 3.63) is 63.9 Å². The Bertz CT molecular complexity index is 891. The van der Waals surface area contributed by atoms with Gasteiger partial charge in [-0.3, -0.25) is 9.69 Å². The SMILES string of the molecule is Cc1ccc(/C=C2\Oc3c(CN4CCCC4)c(O)cc(C)c3C2=O)cc1. The summed E-state index contributed by atoms with van der Waals surface area (Å²) >= 11 is 0. The second-order valence-electron chi connectivity index (χ2n) is 7.23. The average molecular weight is 349 g/mol. The molecule has 2 aliphatic rings. The predicted octanol–water partition coefficient (Wildman–Crippen LogP) is 4.22. The topological polar surface area (TPSA) is 49.8 Å². The van der Waals surface area contributed by atoms with E-state index >= 15 is 0 Å². The Kier molecular flexibility index (Phi) is 4.29. The summed E-state index contributed by atoms with van der Waals surface area (Å²) in [6.45, 7) is 6.51. The van der Waals surface area contributed by atoms with Gasteiger partial charge in [0.1, 0.15) is 11.5 Å². The molecule has 2 heterocycles. The second-order valence-corrected chi connectivity index (χ2v) is 7.23. The van der Waals surface area contributed by atoms with Crippen molar-refractivity contribution in [2.75, 3.05) is 13.1 Å². The Morgan fingerprint density at radius 3 is 2.54 bits per heavy atom. The lowest BCUT2D eigenvalue weighted by atomic mass is 9.99. The smallest absolute Gasteiger partial charge is 0.232 e. The number of rotatable bonds is 3. The van der Waals surface area contributed by atoms with Crippen LogP contribution >= 0.6 is 0 Å². The van der Waals surface area contributed by atoms with Crippen molar-refractivity contribution in [2.24, 2.45) is 0 Å². The third kappa shape index (κ3) is 3.01. The van der Waals surface area contributed by atoms with E-state index in [9.17, 15) is 9.90 Å². The van der Waals surface area contributed by atoms with E-state index in [0.29, 0.717) is 29.2 Å². The number of ether oxygens (including phenoxy) is 1. The molecular formula is C22H23NO3. The zero-order valence-electron chi connectivity index (χ0n) is 15.2. The number of nitrogens with zero attached hydrogens (tertiary/aromatic N) is 1. The Hall–Kier alpha value is -2.59. The fourth-order valence-electron chi connectivity index (χ4n) is 3.71. The quantitative estimate of drug-likeness (QED) is 0.843. The lowest BCUT2D eigenvalue weighted by Gasteiger charge is -2.18. The molecule has 0 radical (unpaired) electrons. The minimum absolute atomic E-state index is 0.110. The molecule has 134 valence electrons.